The highest BCUT2D eigenvalue weighted by molar-refractivity contribution is 6.75. The molecule has 0 aliphatic heterocycles. The average molecular weight is 458 g/mol. The van der Waals surface area contributed by atoms with Gasteiger partial charge in [0.05, 0.1) is 0 Å². The first-order valence-corrected chi connectivity index (χ1v) is 16.7. The summed E-state index contributed by atoms with van der Waals surface area (Å²) in [5.41, 5.74) is 1.35. The Kier molecular flexibility index (Phi) is 7.18. The van der Waals surface area contributed by atoms with Crippen molar-refractivity contribution in [1.82, 2.24) is 0 Å². The maximum absolute atomic E-state index is 12.6. The van der Waals surface area contributed by atoms with E-state index in [0.717, 1.165) is 17.2 Å². The number of rotatable bonds is 6. The molecule has 0 spiro atoms. The third-order valence-electron chi connectivity index (χ3n) is 6.59. The second kappa shape index (κ2) is 8.83. The molecule has 0 atom stereocenters. The number of hydrogen-bond acceptors (Lipinski definition) is 3. The Bertz CT molecular complexity index is 890. The van der Waals surface area contributed by atoms with E-state index in [1.807, 2.05) is 48.5 Å². The van der Waals surface area contributed by atoms with Gasteiger partial charge < -0.3 is 14.2 Å². The molecule has 0 saturated heterocycles. The van der Waals surface area contributed by atoms with E-state index >= 15 is 0 Å². The zero-order chi connectivity index (χ0) is 23.7. The van der Waals surface area contributed by atoms with E-state index in [1.165, 1.54) is 0 Å². The Balaban J connectivity index is 2.02. The molecule has 31 heavy (non-hydrogen) atoms. The highest BCUT2D eigenvalue weighted by Gasteiger charge is 2.39. The molecule has 0 aliphatic rings. The second-order valence-corrected chi connectivity index (χ2v) is 20.7. The second-order valence-electron chi connectivity index (χ2n) is 11.2. The van der Waals surface area contributed by atoms with Crippen LogP contribution in [-0.4, -0.2) is 22.5 Å². The van der Waals surface area contributed by atoms with Gasteiger partial charge in [0, 0.05) is 11.3 Å². The number of hydrogen-bond donors (Lipinski definition) is 1. The van der Waals surface area contributed by atoms with Gasteiger partial charge >= 0.3 is 0 Å². The molecule has 170 valence electrons. The number of amides is 1. The Morgan fingerprint density at radius 1 is 0.677 bits per heavy atom. The molecule has 0 aliphatic carbocycles. The SMILES string of the molecule is CC(C)(C)[Si](C)(C)Oc1ccc(NC(=O)c2ccc(O[Si](C)(C)C(C)(C)C)cc2)cc1. The standard InChI is InChI=1S/C25H39NO3Si2/c1-24(2,3)30(7,8)28-21-15-11-19(12-16-21)23(27)26-20-13-17-22(18-14-20)29-31(9,10)25(4,5)6/h11-18H,1-10H3,(H,26,27). The van der Waals surface area contributed by atoms with Gasteiger partial charge in [0.25, 0.3) is 5.91 Å². The summed E-state index contributed by atoms with van der Waals surface area (Å²) in [6.45, 7) is 22.2. The number of benzene rings is 2. The van der Waals surface area contributed by atoms with Gasteiger partial charge in [-0.3, -0.25) is 4.79 Å². The predicted octanol–water partition coefficient (Wildman–Crippen LogP) is 7.71. The summed E-state index contributed by atoms with van der Waals surface area (Å²) in [7, 11) is -3.77. The molecular formula is C25H39NO3Si2. The Morgan fingerprint density at radius 2 is 1.03 bits per heavy atom. The number of carbonyl (C=O) groups excluding carboxylic acids is 1. The first-order valence-electron chi connectivity index (χ1n) is 10.9. The molecule has 2 aromatic rings. The molecule has 0 aromatic heterocycles. The molecule has 0 bridgehead atoms. The minimum Gasteiger partial charge on any atom is -0.544 e. The van der Waals surface area contributed by atoms with Crippen LogP contribution in [0.4, 0.5) is 5.69 Å². The molecule has 0 radical (unpaired) electrons. The summed E-state index contributed by atoms with van der Waals surface area (Å²) in [5, 5.41) is 3.22. The van der Waals surface area contributed by atoms with Crippen molar-refractivity contribution < 1.29 is 13.6 Å². The maximum Gasteiger partial charge on any atom is 0.255 e. The van der Waals surface area contributed by atoms with Crippen molar-refractivity contribution >= 4 is 28.2 Å². The van der Waals surface area contributed by atoms with Gasteiger partial charge in [0.1, 0.15) is 11.5 Å². The highest BCUT2D eigenvalue weighted by Crippen LogP contribution is 2.38. The van der Waals surface area contributed by atoms with Crippen LogP contribution in [0.25, 0.3) is 0 Å². The zero-order valence-electron chi connectivity index (χ0n) is 20.8. The monoisotopic (exact) mass is 457 g/mol. The molecular weight excluding hydrogens is 418 g/mol. The number of carbonyl (C=O) groups is 1. The lowest BCUT2D eigenvalue weighted by Gasteiger charge is -2.36. The van der Waals surface area contributed by atoms with E-state index < -0.39 is 16.6 Å². The van der Waals surface area contributed by atoms with Crippen molar-refractivity contribution in [2.75, 3.05) is 5.32 Å². The minimum atomic E-state index is -1.90. The van der Waals surface area contributed by atoms with E-state index in [9.17, 15) is 4.79 Å². The van der Waals surface area contributed by atoms with Crippen LogP contribution in [0.2, 0.25) is 36.3 Å². The van der Waals surface area contributed by atoms with Crippen molar-refractivity contribution in [2.24, 2.45) is 0 Å². The molecule has 1 N–H and O–H groups in total. The fraction of sp³-hybridized carbons (Fsp3) is 0.480. The largest absolute Gasteiger partial charge is 0.544 e. The van der Waals surface area contributed by atoms with E-state index in [0.29, 0.717) is 5.56 Å². The molecule has 0 saturated carbocycles. The van der Waals surface area contributed by atoms with Gasteiger partial charge in [0.2, 0.25) is 16.6 Å². The van der Waals surface area contributed by atoms with Crippen LogP contribution in [0, 0.1) is 0 Å². The topological polar surface area (TPSA) is 47.6 Å². The van der Waals surface area contributed by atoms with Gasteiger partial charge in [0.15, 0.2) is 0 Å². The van der Waals surface area contributed by atoms with Gasteiger partial charge in [-0.25, -0.2) is 0 Å². The first-order chi connectivity index (χ1) is 14.0. The van der Waals surface area contributed by atoms with Crippen LogP contribution in [0.3, 0.4) is 0 Å². The minimum absolute atomic E-state index is 0.128. The van der Waals surface area contributed by atoms with Crippen molar-refractivity contribution in [2.45, 2.75) is 77.8 Å². The van der Waals surface area contributed by atoms with Crippen LogP contribution < -0.4 is 14.2 Å². The van der Waals surface area contributed by atoms with Gasteiger partial charge in [-0.1, -0.05) is 41.5 Å². The summed E-state index contributed by atoms with van der Waals surface area (Å²) < 4.78 is 12.6. The molecule has 0 fully saturated rings. The lowest BCUT2D eigenvalue weighted by atomic mass is 10.2. The fourth-order valence-corrected chi connectivity index (χ4v) is 4.44. The van der Waals surface area contributed by atoms with Gasteiger partial charge in [-0.2, -0.15) is 0 Å². The summed E-state index contributed by atoms with van der Waals surface area (Å²) in [6.07, 6.45) is 0. The Labute approximate surface area is 190 Å². The van der Waals surface area contributed by atoms with E-state index in [4.69, 9.17) is 8.85 Å². The van der Waals surface area contributed by atoms with Gasteiger partial charge in [-0.05, 0) is 84.8 Å². The molecule has 0 heterocycles. The lowest BCUT2D eigenvalue weighted by molar-refractivity contribution is 0.102. The maximum atomic E-state index is 12.6. The Morgan fingerprint density at radius 3 is 1.39 bits per heavy atom. The van der Waals surface area contributed by atoms with E-state index in [-0.39, 0.29) is 16.0 Å². The molecule has 6 heteroatoms. The van der Waals surface area contributed by atoms with Crippen molar-refractivity contribution in [1.29, 1.82) is 0 Å². The number of anilines is 1. The summed E-state index contributed by atoms with van der Waals surface area (Å²) in [4.78, 5) is 12.6. The summed E-state index contributed by atoms with van der Waals surface area (Å²) in [5.74, 6) is 1.52. The van der Waals surface area contributed by atoms with Crippen molar-refractivity contribution in [3.8, 4) is 11.5 Å². The van der Waals surface area contributed by atoms with Crippen LogP contribution in [0.15, 0.2) is 48.5 Å². The zero-order valence-corrected chi connectivity index (χ0v) is 22.8. The quantitative estimate of drug-likeness (QED) is 0.452. The fourth-order valence-electron chi connectivity index (χ4n) is 2.38. The third-order valence-corrected chi connectivity index (χ3v) is 15.3. The smallest absolute Gasteiger partial charge is 0.255 e. The molecule has 1 amide bonds. The van der Waals surface area contributed by atoms with E-state index in [1.54, 1.807) is 0 Å². The van der Waals surface area contributed by atoms with E-state index in [2.05, 4.69) is 73.0 Å². The lowest BCUT2D eigenvalue weighted by Crippen LogP contribution is -2.43. The van der Waals surface area contributed by atoms with Crippen LogP contribution in [0.5, 0.6) is 11.5 Å². The first kappa shape index (κ1) is 25.2. The third kappa shape index (κ3) is 6.46. The molecule has 0 unspecified atom stereocenters. The highest BCUT2D eigenvalue weighted by atomic mass is 28.4. The normalized spacial score (nSPS) is 13.0. The average Bonchev–Trinajstić information content (AvgIpc) is 2.61. The number of nitrogens with one attached hydrogen (secondary N) is 1. The molecule has 2 rings (SSSR count). The summed E-state index contributed by atoms with van der Waals surface area (Å²) >= 11 is 0. The molecule has 4 nitrogen and oxygen atoms in total. The van der Waals surface area contributed by atoms with Crippen molar-refractivity contribution in [3.63, 3.8) is 0 Å². The van der Waals surface area contributed by atoms with Crippen LogP contribution in [0.1, 0.15) is 51.9 Å². The van der Waals surface area contributed by atoms with Crippen molar-refractivity contribution in [3.05, 3.63) is 54.1 Å². The summed E-state index contributed by atoms with van der Waals surface area (Å²) in [6, 6.07) is 15.0. The van der Waals surface area contributed by atoms with Crippen LogP contribution >= 0.6 is 0 Å². The van der Waals surface area contributed by atoms with Gasteiger partial charge in [-0.15, -0.1) is 0 Å². The van der Waals surface area contributed by atoms with Crippen LogP contribution in [-0.2, 0) is 0 Å². The Hall–Kier alpha value is -2.06. The predicted molar refractivity (Wildman–Crippen MR) is 136 cm³/mol. The molecule has 2 aromatic carbocycles.